The number of hydrogen-bond donors (Lipinski definition) is 2. The van der Waals surface area contributed by atoms with Crippen molar-refractivity contribution in [2.45, 2.75) is 19.4 Å². The molecule has 3 rings (SSSR count). The molecule has 3 aromatic rings. The Morgan fingerprint density at radius 1 is 0.839 bits per heavy atom. The first-order chi connectivity index (χ1) is 15.0. The van der Waals surface area contributed by atoms with Crippen molar-refractivity contribution in [3.63, 3.8) is 0 Å². The van der Waals surface area contributed by atoms with E-state index >= 15 is 0 Å². The molecule has 31 heavy (non-hydrogen) atoms. The second-order valence-electron chi connectivity index (χ2n) is 7.04. The molecule has 2 N–H and O–H groups in total. The van der Waals surface area contributed by atoms with Gasteiger partial charge in [-0.2, -0.15) is 0 Å². The van der Waals surface area contributed by atoms with Crippen LogP contribution < -0.4 is 10.6 Å². The van der Waals surface area contributed by atoms with Gasteiger partial charge in [0, 0.05) is 13.3 Å². The zero-order valence-electron chi connectivity index (χ0n) is 17.4. The number of benzene rings is 3. The number of carbonyl (C=O) groups excluding carboxylic acids is 3. The minimum atomic E-state index is -0.870. The SMILES string of the molecule is COC(=O)[C@H](Cc1ccc(-c2ccccc2)cc1)NC(=O)c1ccccc1NC(C)=O. The average Bonchev–Trinajstić information content (AvgIpc) is 2.79. The van der Waals surface area contributed by atoms with Crippen LogP contribution in [0.25, 0.3) is 11.1 Å². The van der Waals surface area contributed by atoms with E-state index in [0.717, 1.165) is 16.7 Å². The Kier molecular flexibility index (Phi) is 7.17. The van der Waals surface area contributed by atoms with Gasteiger partial charge in [0.25, 0.3) is 5.91 Å². The predicted octanol–water partition coefficient (Wildman–Crippen LogP) is 3.83. The second-order valence-corrected chi connectivity index (χ2v) is 7.04. The topological polar surface area (TPSA) is 84.5 Å². The first-order valence-corrected chi connectivity index (χ1v) is 9.87. The number of para-hydroxylation sites is 1. The lowest BCUT2D eigenvalue weighted by molar-refractivity contribution is -0.142. The quantitative estimate of drug-likeness (QED) is 0.574. The molecule has 0 aliphatic rings. The number of hydrogen-bond acceptors (Lipinski definition) is 4. The Morgan fingerprint density at radius 2 is 1.45 bits per heavy atom. The van der Waals surface area contributed by atoms with E-state index in [4.69, 9.17) is 4.74 Å². The van der Waals surface area contributed by atoms with Crippen LogP contribution in [0.4, 0.5) is 5.69 Å². The highest BCUT2D eigenvalue weighted by Crippen LogP contribution is 2.20. The summed E-state index contributed by atoms with van der Waals surface area (Å²) >= 11 is 0. The number of nitrogens with one attached hydrogen (secondary N) is 2. The Bertz CT molecular complexity index is 1060. The highest BCUT2D eigenvalue weighted by atomic mass is 16.5. The predicted molar refractivity (Wildman–Crippen MR) is 120 cm³/mol. The number of esters is 1. The van der Waals surface area contributed by atoms with E-state index in [1.165, 1.54) is 14.0 Å². The maximum absolute atomic E-state index is 12.8. The molecule has 0 spiro atoms. The summed E-state index contributed by atoms with van der Waals surface area (Å²) in [5.74, 6) is -1.30. The van der Waals surface area contributed by atoms with E-state index in [-0.39, 0.29) is 17.9 Å². The molecule has 0 aliphatic heterocycles. The van der Waals surface area contributed by atoms with Crippen LogP contribution in [0.15, 0.2) is 78.9 Å². The molecule has 6 nitrogen and oxygen atoms in total. The summed E-state index contributed by atoms with van der Waals surface area (Å²) in [6.07, 6.45) is 0.274. The van der Waals surface area contributed by atoms with Gasteiger partial charge in [-0.1, -0.05) is 66.7 Å². The van der Waals surface area contributed by atoms with Crippen molar-refractivity contribution in [1.29, 1.82) is 0 Å². The monoisotopic (exact) mass is 416 g/mol. The van der Waals surface area contributed by atoms with Gasteiger partial charge >= 0.3 is 5.97 Å². The van der Waals surface area contributed by atoms with Crippen LogP contribution in [-0.4, -0.2) is 30.9 Å². The van der Waals surface area contributed by atoms with Crippen molar-refractivity contribution in [3.8, 4) is 11.1 Å². The lowest BCUT2D eigenvalue weighted by Gasteiger charge is -2.18. The number of ether oxygens (including phenoxy) is 1. The maximum atomic E-state index is 12.8. The van der Waals surface area contributed by atoms with Gasteiger partial charge in [0.1, 0.15) is 6.04 Å². The van der Waals surface area contributed by atoms with Gasteiger partial charge in [0.05, 0.1) is 18.4 Å². The molecule has 6 heteroatoms. The standard InChI is InChI=1S/C25H24N2O4/c1-17(28)26-22-11-7-6-10-21(22)24(29)27-23(25(30)31-2)16-18-12-14-20(15-13-18)19-8-4-3-5-9-19/h3-15,23H,16H2,1-2H3,(H,26,28)(H,27,29)/t23-/m0/s1. The molecular formula is C25H24N2O4. The van der Waals surface area contributed by atoms with Crippen LogP contribution in [-0.2, 0) is 20.7 Å². The van der Waals surface area contributed by atoms with E-state index in [2.05, 4.69) is 10.6 Å². The summed E-state index contributed by atoms with van der Waals surface area (Å²) < 4.78 is 4.89. The number of rotatable bonds is 7. The Labute approximate surface area is 181 Å². The maximum Gasteiger partial charge on any atom is 0.328 e. The van der Waals surface area contributed by atoms with Crippen molar-refractivity contribution in [2.75, 3.05) is 12.4 Å². The van der Waals surface area contributed by atoms with Gasteiger partial charge in [-0.15, -0.1) is 0 Å². The Balaban J connectivity index is 1.76. The number of amides is 2. The van der Waals surface area contributed by atoms with Gasteiger partial charge in [-0.25, -0.2) is 4.79 Å². The molecule has 0 radical (unpaired) electrons. The third-order valence-corrected chi connectivity index (χ3v) is 4.77. The van der Waals surface area contributed by atoms with Gasteiger partial charge in [-0.05, 0) is 28.8 Å². The van der Waals surface area contributed by atoms with E-state index in [0.29, 0.717) is 5.69 Å². The van der Waals surface area contributed by atoms with Crippen LogP contribution in [0.5, 0.6) is 0 Å². The van der Waals surface area contributed by atoms with Crippen LogP contribution in [0.2, 0.25) is 0 Å². The lowest BCUT2D eigenvalue weighted by Crippen LogP contribution is -2.43. The van der Waals surface area contributed by atoms with E-state index in [1.807, 2.05) is 54.6 Å². The molecule has 0 saturated heterocycles. The first kappa shape index (κ1) is 21.8. The molecule has 158 valence electrons. The number of carbonyl (C=O) groups is 3. The number of methoxy groups -OCH3 is 1. The molecule has 0 fully saturated rings. The summed E-state index contributed by atoms with van der Waals surface area (Å²) in [6.45, 7) is 1.37. The second kappa shape index (κ2) is 10.2. The fraction of sp³-hybridized carbons (Fsp3) is 0.160. The smallest absolute Gasteiger partial charge is 0.328 e. The minimum Gasteiger partial charge on any atom is -0.467 e. The van der Waals surface area contributed by atoms with Crippen molar-refractivity contribution in [2.24, 2.45) is 0 Å². The zero-order valence-corrected chi connectivity index (χ0v) is 17.4. The lowest BCUT2D eigenvalue weighted by atomic mass is 10.0. The summed E-state index contributed by atoms with van der Waals surface area (Å²) in [6, 6.07) is 23.5. The van der Waals surface area contributed by atoms with Crippen LogP contribution in [0.3, 0.4) is 0 Å². The molecule has 0 heterocycles. The van der Waals surface area contributed by atoms with E-state index in [9.17, 15) is 14.4 Å². The van der Waals surface area contributed by atoms with E-state index < -0.39 is 17.9 Å². The molecule has 0 unspecified atom stereocenters. The van der Waals surface area contributed by atoms with Crippen molar-refractivity contribution >= 4 is 23.5 Å². The molecular weight excluding hydrogens is 392 g/mol. The Morgan fingerprint density at radius 3 is 2.10 bits per heavy atom. The van der Waals surface area contributed by atoms with Crippen molar-refractivity contribution in [1.82, 2.24) is 5.32 Å². The van der Waals surface area contributed by atoms with Crippen molar-refractivity contribution in [3.05, 3.63) is 90.0 Å². The minimum absolute atomic E-state index is 0.269. The third-order valence-electron chi connectivity index (χ3n) is 4.77. The molecule has 0 bridgehead atoms. The summed E-state index contributed by atoms with van der Waals surface area (Å²) in [5.41, 5.74) is 3.69. The molecule has 0 aromatic heterocycles. The molecule has 1 atom stereocenters. The molecule has 0 aliphatic carbocycles. The van der Waals surface area contributed by atoms with Gasteiger partial charge in [0.2, 0.25) is 5.91 Å². The Hall–Kier alpha value is -3.93. The van der Waals surface area contributed by atoms with Crippen LogP contribution in [0.1, 0.15) is 22.8 Å². The largest absolute Gasteiger partial charge is 0.467 e. The average molecular weight is 416 g/mol. The first-order valence-electron chi connectivity index (χ1n) is 9.87. The summed E-state index contributed by atoms with van der Waals surface area (Å²) in [5, 5.41) is 5.35. The highest BCUT2D eigenvalue weighted by molar-refractivity contribution is 6.04. The van der Waals surface area contributed by atoms with Gasteiger partial charge < -0.3 is 15.4 Å². The normalized spacial score (nSPS) is 11.3. The third kappa shape index (κ3) is 5.79. The van der Waals surface area contributed by atoms with E-state index in [1.54, 1.807) is 24.3 Å². The molecule has 3 aromatic carbocycles. The molecule has 0 saturated carbocycles. The fourth-order valence-corrected chi connectivity index (χ4v) is 3.25. The summed E-state index contributed by atoms with van der Waals surface area (Å²) in [4.78, 5) is 36.6. The fourth-order valence-electron chi connectivity index (χ4n) is 3.25. The van der Waals surface area contributed by atoms with Gasteiger partial charge in [0.15, 0.2) is 0 Å². The summed E-state index contributed by atoms with van der Waals surface area (Å²) in [7, 11) is 1.28. The molecule has 2 amide bonds. The van der Waals surface area contributed by atoms with Gasteiger partial charge in [-0.3, -0.25) is 9.59 Å². The van der Waals surface area contributed by atoms with Crippen LogP contribution in [0, 0.1) is 0 Å². The van der Waals surface area contributed by atoms with Crippen LogP contribution >= 0.6 is 0 Å². The number of anilines is 1. The highest BCUT2D eigenvalue weighted by Gasteiger charge is 2.24. The van der Waals surface area contributed by atoms with Crippen molar-refractivity contribution < 1.29 is 19.1 Å². The zero-order chi connectivity index (χ0) is 22.2.